The number of halogens is 1. The van der Waals surface area contributed by atoms with E-state index in [1.165, 1.54) is 12.1 Å². The van der Waals surface area contributed by atoms with Gasteiger partial charge in [0, 0.05) is 18.7 Å². The topological polar surface area (TPSA) is 63.2 Å². The van der Waals surface area contributed by atoms with Crippen molar-refractivity contribution in [2.45, 2.75) is 0 Å². The van der Waals surface area contributed by atoms with E-state index in [-0.39, 0.29) is 17.3 Å². The second-order valence-corrected chi connectivity index (χ2v) is 7.23. The van der Waals surface area contributed by atoms with Crippen molar-refractivity contribution in [1.82, 2.24) is 10.2 Å². The van der Waals surface area contributed by atoms with Crippen molar-refractivity contribution >= 4 is 15.7 Å². The molecule has 0 N–H and O–H groups in total. The van der Waals surface area contributed by atoms with Crippen molar-refractivity contribution in [1.29, 1.82) is 0 Å². The van der Waals surface area contributed by atoms with E-state index < -0.39 is 9.84 Å². The first kappa shape index (κ1) is 13.9. The Kier molecular flexibility index (Phi) is 3.59. The Morgan fingerprint density at radius 1 is 0.952 bits per heavy atom. The van der Waals surface area contributed by atoms with E-state index in [4.69, 9.17) is 0 Å². The van der Waals surface area contributed by atoms with Crippen LogP contribution in [0.1, 0.15) is 0 Å². The summed E-state index contributed by atoms with van der Waals surface area (Å²) in [6, 6.07) is 9.65. The fourth-order valence-electron chi connectivity index (χ4n) is 2.21. The van der Waals surface area contributed by atoms with Crippen LogP contribution in [-0.4, -0.2) is 43.2 Å². The molecule has 0 amide bonds. The second kappa shape index (κ2) is 5.40. The summed E-state index contributed by atoms with van der Waals surface area (Å²) in [4.78, 5) is 1.91. The van der Waals surface area contributed by atoms with E-state index in [2.05, 4.69) is 10.2 Å². The van der Waals surface area contributed by atoms with Crippen LogP contribution in [0, 0.1) is 5.82 Å². The summed E-state index contributed by atoms with van der Waals surface area (Å²) >= 11 is 0. The van der Waals surface area contributed by atoms with Crippen LogP contribution in [-0.2, 0) is 9.84 Å². The molecule has 0 radical (unpaired) electrons. The lowest BCUT2D eigenvalue weighted by Gasteiger charge is -2.27. The van der Waals surface area contributed by atoms with E-state index in [9.17, 15) is 12.8 Å². The predicted octanol–water partition coefficient (Wildman–Crippen LogP) is 1.52. The molecular weight excluding hydrogens is 293 g/mol. The summed E-state index contributed by atoms with van der Waals surface area (Å²) in [6.45, 7) is 0.875. The van der Waals surface area contributed by atoms with Crippen molar-refractivity contribution in [2.24, 2.45) is 0 Å². The molecule has 110 valence electrons. The van der Waals surface area contributed by atoms with Crippen LogP contribution in [0.25, 0.3) is 11.3 Å². The van der Waals surface area contributed by atoms with Crippen LogP contribution in [0.3, 0.4) is 0 Å². The van der Waals surface area contributed by atoms with Gasteiger partial charge in [0.15, 0.2) is 15.7 Å². The van der Waals surface area contributed by atoms with E-state index in [0.717, 1.165) is 5.56 Å². The molecule has 3 rings (SSSR count). The molecule has 0 atom stereocenters. The first-order valence-corrected chi connectivity index (χ1v) is 8.41. The number of anilines is 1. The zero-order chi connectivity index (χ0) is 14.9. The quantitative estimate of drug-likeness (QED) is 0.841. The minimum atomic E-state index is -2.90. The lowest BCUT2D eigenvalue weighted by Crippen LogP contribution is -2.40. The van der Waals surface area contributed by atoms with E-state index >= 15 is 0 Å². The molecule has 1 aliphatic heterocycles. The van der Waals surface area contributed by atoms with Crippen molar-refractivity contribution < 1.29 is 12.8 Å². The van der Waals surface area contributed by atoms with E-state index in [1.807, 2.05) is 11.0 Å². The molecular formula is C14H14FN3O2S. The maximum Gasteiger partial charge on any atom is 0.153 e. The summed E-state index contributed by atoms with van der Waals surface area (Å²) in [5, 5.41) is 8.26. The number of nitrogens with zero attached hydrogens (tertiary/aromatic N) is 3. The number of benzene rings is 1. The van der Waals surface area contributed by atoms with Crippen LogP contribution in [0.5, 0.6) is 0 Å². The van der Waals surface area contributed by atoms with Crippen LogP contribution >= 0.6 is 0 Å². The minimum Gasteiger partial charge on any atom is -0.353 e. The molecule has 0 unspecified atom stereocenters. The average molecular weight is 307 g/mol. The first-order chi connectivity index (χ1) is 10.0. The lowest BCUT2D eigenvalue weighted by molar-refractivity contribution is 0.586. The first-order valence-electron chi connectivity index (χ1n) is 6.58. The molecule has 0 spiro atoms. The van der Waals surface area contributed by atoms with Crippen LogP contribution < -0.4 is 4.90 Å². The maximum absolute atomic E-state index is 12.9. The van der Waals surface area contributed by atoms with Crippen molar-refractivity contribution in [3.63, 3.8) is 0 Å². The van der Waals surface area contributed by atoms with Gasteiger partial charge in [-0.2, -0.15) is 0 Å². The molecule has 0 aliphatic carbocycles. The molecule has 0 saturated carbocycles. The molecule has 21 heavy (non-hydrogen) atoms. The number of hydrogen-bond acceptors (Lipinski definition) is 5. The fraction of sp³-hybridized carbons (Fsp3) is 0.286. The highest BCUT2D eigenvalue weighted by Crippen LogP contribution is 2.19. The molecule has 2 aromatic rings. The molecule has 1 aromatic heterocycles. The fourth-order valence-corrected chi connectivity index (χ4v) is 3.41. The number of aromatic nitrogens is 2. The zero-order valence-corrected chi connectivity index (χ0v) is 12.1. The Morgan fingerprint density at radius 2 is 1.62 bits per heavy atom. The Bertz CT molecular complexity index is 716. The van der Waals surface area contributed by atoms with Gasteiger partial charge in [-0.15, -0.1) is 10.2 Å². The normalized spacial score (nSPS) is 17.7. The van der Waals surface area contributed by atoms with Crippen molar-refractivity contribution in [2.75, 3.05) is 29.5 Å². The van der Waals surface area contributed by atoms with Crippen molar-refractivity contribution in [3.8, 4) is 11.3 Å². The van der Waals surface area contributed by atoms with Gasteiger partial charge in [0.05, 0.1) is 17.2 Å². The molecule has 1 saturated heterocycles. The molecule has 5 nitrogen and oxygen atoms in total. The third-order valence-electron chi connectivity index (χ3n) is 3.46. The van der Waals surface area contributed by atoms with Gasteiger partial charge in [0.1, 0.15) is 5.82 Å². The van der Waals surface area contributed by atoms with Crippen LogP contribution in [0.15, 0.2) is 36.4 Å². The van der Waals surface area contributed by atoms with Gasteiger partial charge in [-0.3, -0.25) is 0 Å². The highest BCUT2D eigenvalue weighted by molar-refractivity contribution is 7.91. The van der Waals surface area contributed by atoms with Crippen molar-refractivity contribution in [3.05, 3.63) is 42.2 Å². The van der Waals surface area contributed by atoms with Gasteiger partial charge >= 0.3 is 0 Å². The van der Waals surface area contributed by atoms with Gasteiger partial charge in [-0.05, 0) is 36.4 Å². The monoisotopic (exact) mass is 307 g/mol. The van der Waals surface area contributed by atoms with Gasteiger partial charge in [0.25, 0.3) is 0 Å². The van der Waals surface area contributed by atoms with E-state index in [1.54, 1.807) is 18.2 Å². The van der Waals surface area contributed by atoms with Gasteiger partial charge in [-0.25, -0.2) is 12.8 Å². The number of hydrogen-bond donors (Lipinski definition) is 0. The summed E-state index contributed by atoms with van der Waals surface area (Å²) in [6.07, 6.45) is 0. The Labute approximate surface area is 122 Å². The Hall–Kier alpha value is -2.02. The zero-order valence-electron chi connectivity index (χ0n) is 11.2. The van der Waals surface area contributed by atoms with Gasteiger partial charge < -0.3 is 4.90 Å². The van der Waals surface area contributed by atoms with Crippen LogP contribution in [0.2, 0.25) is 0 Å². The van der Waals surface area contributed by atoms with Gasteiger partial charge in [-0.1, -0.05) is 0 Å². The smallest absolute Gasteiger partial charge is 0.153 e. The Morgan fingerprint density at radius 3 is 2.19 bits per heavy atom. The molecule has 1 fully saturated rings. The third kappa shape index (κ3) is 3.18. The molecule has 1 aromatic carbocycles. The summed E-state index contributed by atoms with van der Waals surface area (Å²) in [7, 11) is -2.90. The largest absolute Gasteiger partial charge is 0.353 e. The molecule has 7 heteroatoms. The summed E-state index contributed by atoms with van der Waals surface area (Å²) in [5.41, 5.74) is 1.44. The SMILES string of the molecule is O=S1(=O)CCN(c2ccc(-c3ccc(F)cc3)nn2)CC1. The maximum atomic E-state index is 12.9. The highest BCUT2D eigenvalue weighted by atomic mass is 32.2. The highest BCUT2D eigenvalue weighted by Gasteiger charge is 2.22. The molecule has 1 aliphatic rings. The predicted molar refractivity (Wildman–Crippen MR) is 78.3 cm³/mol. The lowest BCUT2D eigenvalue weighted by atomic mass is 10.1. The number of sulfone groups is 1. The third-order valence-corrected chi connectivity index (χ3v) is 5.07. The van der Waals surface area contributed by atoms with E-state index in [0.29, 0.717) is 24.6 Å². The summed E-state index contributed by atoms with van der Waals surface area (Å²) < 4.78 is 35.7. The minimum absolute atomic E-state index is 0.147. The summed E-state index contributed by atoms with van der Waals surface area (Å²) in [5.74, 6) is 0.664. The average Bonchev–Trinajstić information content (AvgIpc) is 2.48. The second-order valence-electron chi connectivity index (χ2n) is 4.92. The number of rotatable bonds is 2. The Balaban J connectivity index is 1.77. The van der Waals surface area contributed by atoms with Gasteiger partial charge in [0.2, 0.25) is 0 Å². The van der Waals surface area contributed by atoms with Crippen LogP contribution in [0.4, 0.5) is 10.2 Å². The molecule has 2 heterocycles. The standard InChI is InChI=1S/C14H14FN3O2S/c15-12-3-1-11(2-4-12)13-5-6-14(17-16-13)18-7-9-21(19,20)10-8-18/h1-6H,7-10H2. The molecule has 0 bridgehead atoms.